The quantitative estimate of drug-likeness (QED) is 0.599. The third-order valence-corrected chi connectivity index (χ3v) is 10.4. The molecule has 0 aromatic carbocycles. The van der Waals surface area contributed by atoms with Gasteiger partial charge in [0.2, 0.25) is 0 Å². The molecule has 4 aliphatic carbocycles. The highest BCUT2D eigenvalue weighted by molar-refractivity contribution is 5.17. The molecular weight excluding hydrogens is 336 g/mol. The lowest BCUT2D eigenvalue weighted by Crippen LogP contribution is -2.63. The maximum absolute atomic E-state index is 6.71. The predicted molar refractivity (Wildman–Crippen MR) is 106 cm³/mol. The van der Waals surface area contributed by atoms with Crippen molar-refractivity contribution in [2.24, 2.45) is 34.5 Å². The van der Waals surface area contributed by atoms with Gasteiger partial charge in [-0.05, 0) is 93.8 Å². The zero-order valence-corrected chi connectivity index (χ0v) is 18.3. The van der Waals surface area contributed by atoms with Crippen molar-refractivity contribution in [1.82, 2.24) is 0 Å². The van der Waals surface area contributed by atoms with E-state index in [1.807, 2.05) is 7.11 Å². The van der Waals surface area contributed by atoms with Crippen molar-refractivity contribution in [3.8, 4) is 0 Å². The van der Waals surface area contributed by atoms with Gasteiger partial charge in [0.1, 0.15) is 0 Å². The molecule has 3 heteroatoms. The smallest absolute Gasteiger partial charge is 0.163 e. The van der Waals surface area contributed by atoms with E-state index in [9.17, 15) is 0 Å². The lowest BCUT2D eigenvalue weighted by atomic mass is 9.43. The molecule has 6 unspecified atom stereocenters. The topological polar surface area (TPSA) is 27.7 Å². The van der Waals surface area contributed by atoms with E-state index < -0.39 is 5.79 Å². The molecule has 5 rings (SSSR count). The van der Waals surface area contributed by atoms with Crippen LogP contribution in [0, 0.1) is 34.5 Å². The van der Waals surface area contributed by atoms with Gasteiger partial charge in [0.05, 0.1) is 17.8 Å². The number of hydrogen-bond donors (Lipinski definition) is 0. The maximum Gasteiger partial charge on any atom is 0.163 e. The van der Waals surface area contributed by atoms with Gasteiger partial charge in [0.15, 0.2) is 5.79 Å². The Hall–Kier alpha value is -0.120. The van der Waals surface area contributed by atoms with Crippen molar-refractivity contribution < 1.29 is 14.2 Å². The first kappa shape index (κ1) is 18.9. The van der Waals surface area contributed by atoms with Gasteiger partial charge < -0.3 is 14.2 Å². The lowest BCUT2D eigenvalue weighted by molar-refractivity contribution is -0.199. The van der Waals surface area contributed by atoms with Crippen LogP contribution in [0.25, 0.3) is 0 Å². The van der Waals surface area contributed by atoms with Crippen molar-refractivity contribution in [3.05, 3.63) is 0 Å². The number of ether oxygens (including phenoxy) is 3. The fourth-order valence-corrected chi connectivity index (χ4v) is 8.80. The predicted octanol–water partition coefficient (Wildman–Crippen LogP) is 5.56. The number of methoxy groups -OCH3 is 1. The Morgan fingerprint density at radius 1 is 0.741 bits per heavy atom. The van der Waals surface area contributed by atoms with Crippen LogP contribution in [0.4, 0.5) is 0 Å². The van der Waals surface area contributed by atoms with Crippen LogP contribution >= 0.6 is 0 Å². The molecule has 5 aliphatic rings. The largest absolute Gasteiger partial charge is 0.378 e. The number of rotatable bonds is 1. The van der Waals surface area contributed by atoms with Crippen LogP contribution in [-0.2, 0) is 14.2 Å². The molecule has 0 N–H and O–H groups in total. The van der Waals surface area contributed by atoms with Crippen LogP contribution in [0.2, 0.25) is 0 Å². The molecule has 27 heavy (non-hydrogen) atoms. The van der Waals surface area contributed by atoms with E-state index in [2.05, 4.69) is 34.6 Å². The molecule has 1 saturated heterocycles. The van der Waals surface area contributed by atoms with E-state index in [4.69, 9.17) is 14.2 Å². The summed E-state index contributed by atoms with van der Waals surface area (Å²) in [5, 5.41) is 0. The first-order chi connectivity index (χ1) is 12.7. The average molecular weight is 377 g/mol. The molecule has 0 spiro atoms. The molecule has 1 aliphatic heterocycles. The fourth-order valence-electron chi connectivity index (χ4n) is 8.80. The molecule has 3 nitrogen and oxygen atoms in total. The zero-order valence-electron chi connectivity index (χ0n) is 18.3. The molecule has 0 aromatic rings. The monoisotopic (exact) mass is 376 g/mol. The van der Waals surface area contributed by atoms with Gasteiger partial charge in [-0.15, -0.1) is 0 Å². The standard InChI is InChI=1S/C24H40O3/c1-21(2)26-19-17-9-7-8-12-22(17,3)15-10-13-23(4)16(18(15)20(19)27-21)11-14-24(23,5)25-6/h15-20H,7-14H2,1-6H3/t15?,16?,17?,18?,19?,20?,22-,23+,24+/m1/s1. The van der Waals surface area contributed by atoms with Crippen LogP contribution in [0.1, 0.15) is 86.0 Å². The molecule has 9 atom stereocenters. The maximum atomic E-state index is 6.71. The van der Waals surface area contributed by atoms with E-state index in [1.165, 1.54) is 51.4 Å². The minimum absolute atomic E-state index is 0.0113. The molecule has 154 valence electrons. The van der Waals surface area contributed by atoms with Crippen LogP contribution in [-0.4, -0.2) is 30.7 Å². The Labute approximate surface area is 165 Å². The van der Waals surface area contributed by atoms with Crippen molar-refractivity contribution in [1.29, 1.82) is 0 Å². The van der Waals surface area contributed by atoms with Crippen molar-refractivity contribution in [3.63, 3.8) is 0 Å². The second-order valence-corrected chi connectivity index (χ2v) is 11.6. The van der Waals surface area contributed by atoms with Gasteiger partial charge in [0, 0.05) is 7.11 Å². The van der Waals surface area contributed by atoms with Crippen molar-refractivity contribution >= 4 is 0 Å². The second-order valence-electron chi connectivity index (χ2n) is 11.6. The van der Waals surface area contributed by atoms with E-state index in [1.54, 1.807) is 0 Å². The Kier molecular flexibility index (Phi) is 4.01. The van der Waals surface area contributed by atoms with Gasteiger partial charge in [0.25, 0.3) is 0 Å². The molecule has 4 saturated carbocycles. The summed E-state index contributed by atoms with van der Waals surface area (Å²) in [5.41, 5.74) is 0.708. The Morgan fingerprint density at radius 3 is 2.19 bits per heavy atom. The van der Waals surface area contributed by atoms with Crippen molar-refractivity contribution in [2.45, 2.75) is 110 Å². The van der Waals surface area contributed by atoms with E-state index in [-0.39, 0.29) is 17.1 Å². The first-order valence-corrected chi connectivity index (χ1v) is 11.6. The van der Waals surface area contributed by atoms with E-state index in [0.717, 1.165) is 5.92 Å². The summed E-state index contributed by atoms with van der Waals surface area (Å²) >= 11 is 0. The molecule has 0 aromatic heterocycles. The number of fused-ring (bicyclic) bond motifs is 8. The summed E-state index contributed by atoms with van der Waals surface area (Å²) in [6.45, 7) is 11.8. The summed E-state index contributed by atoms with van der Waals surface area (Å²) < 4.78 is 19.5. The number of hydrogen-bond acceptors (Lipinski definition) is 3. The highest BCUT2D eigenvalue weighted by Gasteiger charge is 2.69. The Morgan fingerprint density at radius 2 is 1.44 bits per heavy atom. The summed E-state index contributed by atoms with van der Waals surface area (Å²) in [5.74, 6) is 2.37. The molecule has 0 amide bonds. The van der Waals surface area contributed by atoms with Crippen LogP contribution in [0.5, 0.6) is 0 Å². The minimum Gasteiger partial charge on any atom is -0.378 e. The second kappa shape index (κ2) is 5.73. The Bertz CT molecular complexity index is 615. The SMILES string of the molecule is CO[C@@]1(C)CCC2C3C4OC(C)(C)OC4C4CCCC[C@]4(C)C3CC[C@@]21C. The molecule has 5 fully saturated rings. The molecule has 1 heterocycles. The van der Waals surface area contributed by atoms with Crippen LogP contribution in [0.3, 0.4) is 0 Å². The zero-order chi connectivity index (χ0) is 19.2. The normalized spacial score (nSPS) is 58.9. The van der Waals surface area contributed by atoms with Crippen LogP contribution < -0.4 is 0 Å². The summed E-state index contributed by atoms with van der Waals surface area (Å²) in [6, 6.07) is 0. The average Bonchev–Trinajstić information content (AvgIpc) is 3.08. The summed E-state index contributed by atoms with van der Waals surface area (Å²) in [6.07, 6.45) is 11.2. The highest BCUT2D eigenvalue weighted by atomic mass is 16.8. The lowest BCUT2D eigenvalue weighted by Gasteiger charge is -2.63. The minimum atomic E-state index is -0.431. The van der Waals surface area contributed by atoms with E-state index in [0.29, 0.717) is 29.3 Å². The van der Waals surface area contributed by atoms with Gasteiger partial charge in [-0.1, -0.05) is 26.7 Å². The third-order valence-electron chi connectivity index (χ3n) is 10.4. The van der Waals surface area contributed by atoms with Gasteiger partial charge in [-0.2, -0.15) is 0 Å². The van der Waals surface area contributed by atoms with Gasteiger partial charge >= 0.3 is 0 Å². The van der Waals surface area contributed by atoms with Crippen LogP contribution in [0.15, 0.2) is 0 Å². The Balaban J connectivity index is 1.59. The highest BCUT2D eigenvalue weighted by Crippen LogP contribution is 2.70. The van der Waals surface area contributed by atoms with Crippen molar-refractivity contribution in [2.75, 3.05) is 7.11 Å². The fraction of sp³-hybridized carbons (Fsp3) is 1.00. The first-order valence-electron chi connectivity index (χ1n) is 11.6. The van der Waals surface area contributed by atoms with E-state index >= 15 is 0 Å². The van der Waals surface area contributed by atoms with Gasteiger partial charge in [-0.25, -0.2) is 0 Å². The summed E-state index contributed by atoms with van der Waals surface area (Å²) in [7, 11) is 1.93. The molecule has 0 radical (unpaired) electrons. The summed E-state index contributed by atoms with van der Waals surface area (Å²) in [4.78, 5) is 0. The van der Waals surface area contributed by atoms with Gasteiger partial charge in [-0.3, -0.25) is 0 Å². The third kappa shape index (κ3) is 2.31. The molecular formula is C24H40O3. The molecule has 0 bridgehead atoms.